The fraction of sp³-hybridized carbons (Fsp3) is 0.147. The van der Waals surface area contributed by atoms with Gasteiger partial charge in [-0.05, 0) is 40.6 Å². The van der Waals surface area contributed by atoms with Crippen LogP contribution in [0.4, 0.5) is 5.69 Å². The number of fused-ring (bicyclic) bond motifs is 2. The van der Waals surface area contributed by atoms with Crippen LogP contribution >= 0.6 is 0 Å². The van der Waals surface area contributed by atoms with Crippen LogP contribution in [0, 0.1) is 5.92 Å². The standard InChI is InChI=1S/C34H28N2O4S/c37-33(30-22-12-16-25-13-10-11-21-29(25)30)34-24-35(41(38,39)28-19-8-3-9-20-28)23-31(34)32(26-14-4-1-5-15-26)36(40-34)27-17-6-2-7-18-27/h1-22,31-32H,23-24H2/t31-,32-,34-/m1/s1. The third kappa shape index (κ3) is 4.16. The van der Waals surface area contributed by atoms with E-state index in [4.69, 9.17) is 4.84 Å². The molecule has 0 unspecified atom stereocenters. The molecule has 0 aromatic heterocycles. The van der Waals surface area contributed by atoms with Gasteiger partial charge in [0.15, 0.2) is 11.4 Å². The molecule has 7 rings (SSSR count). The largest absolute Gasteiger partial charge is 0.291 e. The predicted octanol–water partition coefficient (Wildman–Crippen LogP) is 6.28. The molecule has 204 valence electrons. The summed E-state index contributed by atoms with van der Waals surface area (Å²) in [5.74, 6) is -0.695. The number of carbonyl (C=O) groups excluding carboxylic acids is 1. The monoisotopic (exact) mass is 560 g/mol. The lowest BCUT2D eigenvalue weighted by atomic mass is 9.78. The van der Waals surface area contributed by atoms with Crippen LogP contribution < -0.4 is 5.06 Å². The first kappa shape index (κ1) is 25.7. The molecule has 5 aromatic carbocycles. The van der Waals surface area contributed by atoms with Crippen molar-refractivity contribution < 1.29 is 18.0 Å². The summed E-state index contributed by atoms with van der Waals surface area (Å²) in [6, 6.07) is 41.0. The van der Waals surface area contributed by atoms with Crippen LogP contribution in [-0.2, 0) is 14.9 Å². The van der Waals surface area contributed by atoms with Crippen molar-refractivity contribution >= 4 is 32.3 Å². The van der Waals surface area contributed by atoms with E-state index in [9.17, 15) is 13.2 Å². The zero-order valence-corrected chi connectivity index (χ0v) is 23.0. The molecule has 2 aliphatic heterocycles. The molecule has 0 spiro atoms. The molecule has 2 heterocycles. The SMILES string of the molecule is O=C(c1cccc2ccccc12)[C@@]12CN(S(=O)(=O)c3ccccc3)C[C@@H]1[C@@H](c1ccccc1)N(c1ccccc1)O2. The predicted molar refractivity (Wildman–Crippen MR) is 159 cm³/mol. The molecule has 2 saturated heterocycles. The lowest BCUT2D eigenvalue weighted by Crippen LogP contribution is -2.47. The van der Waals surface area contributed by atoms with Gasteiger partial charge < -0.3 is 0 Å². The van der Waals surface area contributed by atoms with Crippen molar-refractivity contribution in [3.63, 3.8) is 0 Å². The molecule has 0 bridgehead atoms. The van der Waals surface area contributed by atoms with E-state index < -0.39 is 27.6 Å². The smallest absolute Gasteiger partial charge is 0.243 e. The third-order valence-electron chi connectivity index (χ3n) is 8.26. The summed E-state index contributed by atoms with van der Waals surface area (Å²) in [5, 5.41) is 3.57. The topological polar surface area (TPSA) is 66.9 Å². The lowest BCUT2D eigenvalue weighted by Gasteiger charge is -2.30. The summed E-state index contributed by atoms with van der Waals surface area (Å²) in [6.07, 6.45) is 0. The number of Topliss-reactive ketones (excluding diaryl/α,β-unsaturated/α-hetero) is 1. The molecule has 5 aromatic rings. The fourth-order valence-electron chi connectivity index (χ4n) is 6.32. The van der Waals surface area contributed by atoms with E-state index in [1.54, 1.807) is 30.3 Å². The first-order valence-corrected chi connectivity index (χ1v) is 15.1. The first-order valence-electron chi connectivity index (χ1n) is 13.7. The molecule has 0 N–H and O–H groups in total. The molecule has 0 amide bonds. The fourth-order valence-corrected chi connectivity index (χ4v) is 7.84. The van der Waals surface area contributed by atoms with E-state index >= 15 is 0 Å². The zero-order valence-electron chi connectivity index (χ0n) is 22.2. The van der Waals surface area contributed by atoms with Crippen LogP contribution in [0.5, 0.6) is 0 Å². The number of ketones is 1. The van der Waals surface area contributed by atoms with E-state index in [1.807, 2.05) is 108 Å². The second-order valence-corrected chi connectivity index (χ2v) is 12.5. The Morgan fingerprint density at radius 2 is 1.34 bits per heavy atom. The van der Waals surface area contributed by atoms with Crippen molar-refractivity contribution in [2.45, 2.75) is 16.5 Å². The molecule has 0 saturated carbocycles. The number of hydrogen-bond acceptors (Lipinski definition) is 5. The molecule has 3 atom stereocenters. The van der Waals surface area contributed by atoms with E-state index in [0.29, 0.717) is 5.56 Å². The second-order valence-electron chi connectivity index (χ2n) is 10.6. The van der Waals surface area contributed by atoms with Crippen molar-refractivity contribution in [2.24, 2.45) is 5.92 Å². The van der Waals surface area contributed by atoms with E-state index in [0.717, 1.165) is 22.0 Å². The van der Waals surface area contributed by atoms with Crippen molar-refractivity contribution in [3.05, 3.63) is 145 Å². The van der Waals surface area contributed by atoms with Crippen LogP contribution in [0.15, 0.2) is 138 Å². The van der Waals surface area contributed by atoms with Crippen LogP contribution in [-0.4, -0.2) is 37.2 Å². The Morgan fingerprint density at radius 3 is 2.07 bits per heavy atom. The Hall–Kier alpha value is -4.30. The van der Waals surface area contributed by atoms with Crippen molar-refractivity contribution in [3.8, 4) is 0 Å². The summed E-state index contributed by atoms with van der Waals surface area (Å²) >= 11 is 0. The first-order chi connectivity index (χ1) is 20.0. The van der Waals surface area contributed by atoms with Crippen molar-refractivity contribution in [2.75, 3.05) is 18.2 Å². The molecular weight excluding hydrogens is 532 g/mol. The van der Waals surface area contributed by atoms with Gasteiger partial charge in [0.05, 0.1) is 23.2 Å². The number of nitrogens with zero attached hydrogens (tertiary/aromatic N) is 2. The Morgan fingerprint density at radius 1 is 0.732 bits per heavy atom. The normalized spacial score (nSPS) is 22.6. The number of hydrogen-bond donors (Lipinski definition) is 0. The average Bonchev–Trinajstić information content (AvgIpc) is 3.57. The van der Waals surface area contributed by atoms with Gasteiger partial charge in [0, 0.05) is 18.0 Å². The van der Waals surface area contributed by atoms with Gasteiger partial charge in [-0.25, -0.2) is 13.5 Å². The summed E-state index contributed by atoms with van der Waals surface area (Å²) in [5.41, 5.74) is 0.836. The molecule has 6 nitrogen and oxygen atoms in total. The summed E-state index contributed by atoms with van der Waals surface area (Å²) in [6.45, 7) is 0.0419. The molecular formula is C34H28N2O4S. The quantitative estimate of drug-likeness (QED) is 0.229. The highest BCUT2D eigenvalue weighted by Crippen LogP contribution is 2.53. The van der Waals surface area contributed by atoms with Gasteiger partial charge in [-0.15, -0.1) is 0 Å². The average molecular weight is 561 g/mol. The van der Waals surface area contributed by atoms with Crippen LogP contribution in [0.25, 0.3) is 10.8 Å². The van der Waals surface area contributed by atoms with Gasteiger partial charge in [0.2, 0.25) is 10.0 Å². The maximum atomic E-state index is 14.9. The van der Waals surface area contributed by atoms with Gasteiger partial charge in [-0.3, -0.25) is 9.63 Å². The molecule has 0 radical (unpaired) electrons. The zero-order chi connectivity index (χ0) is 28.0. The number of carbonyl (C=O) groups is 1. The highest BCUT2D eigenvalue weighted by atomic mass is 32.2. The lowest BCUT2D eigenvalue weighted by molar-refractivity contribution is -0.00379. The number of para-hydroxylation sites is 1. The minimum Gasteiger partial charge on any atom is -0.291 e. The maximum Gasteiger partial charge on any atom is 0.243 e. The van der Waals surface area contributed by atoms with E-state index in [1.165, 1.54) is 4.31 Å². The molecule has 2 fully saturated rings. The molecule has 7 heteroatoms. The molecule has 0 aliphatic carbocycles. The number of benzene rings is 5. The van der Waals surface area contributed by atoms with Gasteiger partial charge >= 0.3 is 0 Å². The Labute approximate surface area is 239 Å². The van der Waals surface area contributed by atoms with E-state index in [2.05, 4.69) is 0 Å². The van der Waals surface area contributed by atoms with E-state index in [-0.39, 0.29) is 23.8 Å². The second kappa shape index (κ2) is 9.96. The summed E-state index contributed by atoms with van der Waals surface area (Å²) < 4.78 is 29.3. The van der Waals surface area contributed by atoms with Crippen LogP contribution in [0.3, 0.4) is 0 Å². The molecule has 2 aliphatic rings. The van der Waals surface area contributed by atoms with Gasteiger partial charge in [-0.2, -0.15) is 4.31 Å². The summed E-state index contributed by atoms with van der Waals surface area (Å²) in [7, 11) is -3.88. The minimum atomic E-state index is -3.88. The number of rotatable bonds is 6. The van der Waals surface area contributed by atoms with Crippen molar-refractivity contribution in [1.82, 2.24) is 4.31 Å². The van der Waals surface area contributed by atoms with Gasteiger partial charge in [0.1, 0.15) is 0 Å². The number of hydroxylamine groups is 1. The third-order valence-corrected chi connectivity index (χ3v) is 10.1. The molecule has 41 heavy (non-hydrogen) atoms. The highest BCUT2D eigenvalue weighted by Gasteiger charge is 2.65. The number of sulfonamides is 1. The number of anilines is 1. The van der Waals surface area contributed by atoms with Gasteiger partial charge in [-0.1, -0.05) is 109 Å². The van der Waals surface area contributed by atoms with Crippen LogP contribution in [0.1, 0.15) is 22.0 Å². The Balaban J connectivity index is 1.42. The van der Waals surface area contributed by atoms with Crippen molar-refractivity contribution in [1.29, 1.82) is 0 Å². The summed E-state index contributed by atoms with van der Waals surface area (Å²) in [4.78, 5) is 21.9. The van der Waals surface area contributed by atoms with Gasteiger partial charge in [0.25, 0.3) is 0 Å². The highest BCUT2D eigenvalue weighted by molar-refractivity contribution is 7.89. The Kier molecular flexibility index (Phi) is 6.23. The van der Waals surface area contributed by atoms with Crippen LogP contribution in [0.2, 0.25) is 0 Å². The Bertz CT molecular complexity index is 1830. The minimum absolute atomic E-state index is 0.0936. The maximum absolute atomic E-state index is 14.9.